The Morgan fingerprint density at radius 2 is 1.66 bits per heavy atom. The molecule has 3 heterocycles. The van der Waals surface area contributed by atoms with Gasteiger partial charge in [-0.25, -0.2) is 9.97 Å². The van der Waals surface area contributed by atoms with Gasteiger partial charge in [0.25, 0.3) is 5.69 Å². The first-order chi connectivity index (χ1) is 18.2. The van der Waals surface area contributed by atoms with Gasteiger partial charge in [-0.1, -0.05) is 30.3 Å². The largest absolute Gasteiger partial charge is 0.422 e. The number of halogens is 3. The SMILES string of the molecule is O=[N+]([O-])c1ccc2c(C(O)(CN3CCN(c4ncccn4)CC3)C(F)(F)F)cn(Cc3ccccc3)c2c1. The third kappa shape index (κ3) is 4.92. The van der Waals surface area contributed by atoms with Gasteiger partial charge in [0.2, 0.25) is 11.5 Å². The summed E-state index contributed by atoms with van der Waals surface area (Å²) in [7, 11) is 0. The molecular formula is C26H25F3N6O3. The van der Waals surface area contributed by atoms with E-state index >= 15 is 0 Å². The molecule has 5 rings (SSSR count). The van der Waals surface area contributed by atoms with Crippen molar-refractivity contribution < 1.29 is 23.2 Å². The zero-order valence-electron chi connectivity index (χ0n) is 20.3. The molecule has 0 radical (unpaired) electrons. The van der Waals surface area contributed by atoms with E-state index < -0.39 is 23.2 Å². The Kier molecular flexibility index (Phi) is 6.76. The summed E-state index contributed by atoms with van der Waals surface area (Å²) in [5, 5.41) is 22.9. The van der Waals surface area contributed by atoms with Gasteiger partial charge in [-0.3, -0.25) is 15.0 Å². The van der Waals surface area contributed by atoms with E-state index in [2.05, 4.69) is 9.97 Å². The molecule has 1 aliphatic heterocycles. The van der Waals surface area contributed by atoms with Crippen molar-refractivity contribution in [1.29, 1.82) is 0 Å². The van der Waals surface area contributed by atoms with Gasteiger partial charge in [-0.05, 0) is 17.7 Å². The lowest BCUT2D eigenvalue weighted by Crippen LogP contribution is -2.55. The first-order valence-corrected chi connectivity index (χ1v) is 12.0. The number of hydrogen-bond acceptors (Lipinski definition) is 7. The molecule has 0 spiro atoms. The van der Waals surface area contributed by atoms with E-state index in [1.165, 1.54) is 22.9 Å². The fourth-order valence-corrected chi connectivity index (χ4v) is 4.85. The number of β-amino-alcohol motifs (C(OH)–C–C–N with tert-alkyl or cyclic N) is 1. The average Bonchev–Trinajstić information content (AvgIpc) is 3.27. The standard InChI is InChI=1S/C26H25F3N6O3/c27-26(28,29)25(36,18-32-11-13-33(14-12-32)24-30-9-4-10-31-24)22-17-34(16-19-5-2-1-3-6-19)23-15-20(35(37)38)7-8-21(22)23/h1-10,15,17,36H,11-14,16,18H2. The van der Waals surface area contributed by atoms with Crippen LogP contribution in [-0.2, 0) is 12.1 Å². The van der Waals surface area contributed by atoms with Crippen molar-refractivity contribution in [3.63, 3.8) is 0 Å². The summed E-state index contributed by atoms with van der Waals surface area (Å²) < 4.78 is 45.4. The molecule has 0 saturated carbocycles. The van der Waals surface area contributed by atoms with Crippen molar-refractivity contribution in [3.05, 3.63) is 94.4 Å². The molecule has 12 heteroatoms. The molecule has 38 heavy (non-hydrogen) atoms. The molecule has 1 aliphatic rings. The molecule has 0 aliphatic carbocycles. The van der Waals surface area contributed by atoms with E-state index in [0.29, 0.717) is 19.0 Å². The van der Waals surface area contributed by atoms with E-state index in [1.807, 2.05) is 23.1 Å². The lowest BCUT2D eigenvalue weighted by atomic mass is 9.91. The third-order valence-electron chi connectivity index (χ3n) is 6.85. The summed E-state index contributed by atoms with van der Waals surface area (Å²) in [6.45, 7) is 0.846. The van der Waals surface area contributed by atoms with Crippen molar-refractivity contribution in [2.75, 3.05) is 37.6 Å². The maximum absolute atomic E-state index is 14.6. The third-order valence-corrected chi connectivity index (χ3v) is 6.85. The number of hydrogen-bond donors (Lipinski definition) is 1. The van der Waals surface area contributed by atoms with E-state index in [9.17, 15) is 28.4 Å². The van der Waals surface area contributed by atoms with Gasteiger partial charge < -0.3 is 14.6 Å². The fourth-order valence-electron chi connectivity index (χ4n) is 4.85. The number of nitro benzene ring substituents is 1. The van der Waals surface area contributed by atoms with Gasteiger partial charge >= 0.3 is 6.18 Å². The number of alkyl halides is 3. The lowest BCUT2D eigenvalue weighted by molar-refractivity contribution is -0.384. The van der Waals surface area contributed by atoms with Crippen LogP contribution >= 0.6 is 0 Å². The van der Waals surface area contributed by atoms with Gasteiger partial charge in [0.15, 0.2) is 0 Å². The highest BCUT2D eigenvalue weighted by Gasteiger charge is 2.57. The second-order valence-electron chi connectivity index (χ2n) is 9.28. The van der Waals surface area contributed by atoms with E-state index in [0.717, 1.165) is 11.6 Å². The molecule has 2 aromatic carbocycles. The molecule has 9 nitrogen and oxygen atoms in total. The average molecular weight is 527 g/mol. The number of fused-ring (bicyclic) bond motifs is 1. The maximum Gasteiger partial charge on any atom is 0.422 e. The normalized spacial score (nSPS) is 16.5. The second-order valence-corrected chi connectivity index (χ2v) is 9.28. The van der Waals surface area contributed by atoms with Crippen molar-refractivity contribution >= 4 is 22.5 Å². The van der Waals surface area contributed by atoms with Gasteiger partial charge in [-0.2, -0.15) is 13.2 Å². The highest BCUT2D eigenvalue weighted by atomic mass is 19.4. The number of nitrogens with zero attached hydrogens (tertiary/aromatic N) is 6. The van der Waals surface area contributed by atoms with Crippen molar-refractivity contribution in [3.8, 4) is 0 Å². The number of non-ortho nitro benzene ring substituents is 1. The zero-order chi connectivity index (χ0) is 26.9. The first-order valence-electron chi connectivity index (χ1n) is 12.0. The number of nitro groups is 1. The minimum atomic E-state index is -5.00. The molecule has 1 fully saturated rings. The molecule has 1 unspecified atom stereocenters. The van der Waals surface area contributed by atoms with Crippen LogP contribution in [0, 0.1) is 10.1 Å². The predicted molar refractivity (Wildman–Crippen MR) is 135 cm³/mol. The van der Waals surface area contributed by atoms with E-state index in [4.69, 9.17) is 0 Å². The van der Waals surface area contributed by atoms with E-state index in [1.54, 1.807) is 35.5 Å². The molecular weight excluding hydrogens is 501 g/mol. The Bertz CT molecular complexity index is 1420. The van der Waals surface area contributed by atoms with Crippen LogP contribution in [0.25, 0.3) is 10.9 Å². The topological polar surface area (TPSA) is 101 Å². The van der Waals surface area contributed by atoms with Gasteiger partial charge in [0.05, 0.1) is 10.4 Å². The number of anilines is 1. The molecule has 2 aromatic heterocycles. The molecule has 0 amide bonds. The van der Waals surface area contributed by atoms with Crippen LogP contribution in [0.2, 0.25) is 0 Å². The molecule has 0 bridgehead atoms. The van der Waals surface area contributed by atoms with Gasteiger partial charge in [-0.15, -0.1) is 0 Å². The first kappa shape index (κ1) is 25.6. The van der Waals surface area contributed by atoms with Gasteiger partial charge in [0.1, 0.15) is 0 Å². The van der Waals surface area contributed by atoms with Crippen LogP contribution in [-0.4, -0.2) is 68.4 Å². The molecule has 1 saturated heterocycles. The Labute approximate surface area is 215 Å². The van der Waals surface area contributed by atoms with Crippen LogP contribution in [0.5, 0.6) is 0 Å². The fraction of sp³-hybridized carbons (Fsp3) is 0.308. The summed E-state index contributed by atoms with van der Waals surface area (Å²) in [6.07, 6.45) is -0.525. The zero-order valence-corrected chi connectivity index (χ0v) is 20.3. The Morgan fingerprint density at radius 1 is 0.974 bits per heavy atom. The minimum absolute atomic E-state index is 0.114. The Hall–Kier alpha value is -4.03. The molecule has 4 aromatic rings. The van der Waals surface area contributed by atoms with Crippen LogP contribution in [0.15, 0.2) is 73.2 Å². The summed E-state index contributed by atoms with van der Waals surface area (Å²) in [5.41, 5.74) is -2.73. The van der Waals surface area contributed by atoms with Crippen molar-refractivity contribution in [1.82, 2.24) is 19.4 Å². The van der Waals surface area contributed by atoms with E-state index in [-0.39, 0.29) is 41.8 Å². The quantitative estimate of drug-likeness (QED) is 0.287. The summed E-state index contributed by atoms with van der Waals surface area (Å²) >= 11 is 0. The number of benzene rings is 2. The highest BCUT2D eigenvalue weighted by molar-refractivity contribution is 5.87. The molecule has 198 valence electrons. The van der Waals surface area contributed by atoms with Crippen molar-refractivity contribution in [2.45, 2.75) is 18.3 Å². The summed E-state index contributed by atoms with van der Waals surface area (Å²) in [6, 6.07) is 14.4. The molecule has 1 atom stereocenters. The monoisotopic (exact) mass is 526 g/mol. The predicted octanol–water partition coefficient (Wildman–Crippen LogP) is 3.96. The number of rotatable bonds is 7. The Morgan fingerprint density at radius 3 is 2.29 bits per heavy atom. The number of piperazine rings is 1. The van der Waals surface area contributed by atoms with Crippen LogP contribution in [0.4, 0.5) is 24.8 Å². The lowest BCUT2D eigenvalue weighted by Gasteiger charge is -2.40. The second kappa shape index (κ2) is 10.0. The van der Waals surface area contributed by atoms with Crippen LogP contribution in [0.1, 0.15) is 11.1 Å². The van der Waals surface area contributed by atoms with Crippen LogP contribution < -0.4 is 4.90 Å². The molecule has 1 N–H and O–H groups in total. The minimum Gasteiger partial charge on any atom is -0.375 e. The summed E-state index contributed by atoms with van der Waals surface area (Å²) in [5.74, 6) is 0.504. The van der Waals surface area contributed by atoms with Crippen molar-refractivity contribution in [2.24, 2.45) is 0 Å². The Balaban J connectivity index is 1.50. The number of aromatic nitrogens is 3. The smallest absolute Gasteiger partial charge is 0.375 e. The van der Waals surface area contributed by atoms with Crippen LogP contribution in [0.3, 0.4) is 0 Å². The number of aliphatic hydroxyl groups is 1. The summed E-state index contributed by atoms with van der Waals surface area (Å²) in [4.78, 5) is 22.7. The van der Waals surface area contributed by atoms with Gasteiger partial charge in [0, 0.05) is 80.9 Å². The maximum atomic E-state index is 14.6. The highest BCUT2D eigenvalue weighted by Crippen LogP contribution is 2.44.